The molecule has 0 radical (unpaired) electrons. The molecule has 0 saturated carbocycles. The van der Waals surface area contributed by atoms with E-state index in [4.69, 9.17) is 16.3 Å². The van der Waals surface area contributed by atoms with Gasteiger partial charge in [-0.25, -0.2) is 0 Å². The van der Waals surface area contributed by atoms with Gasteiger partial charge in [0.15, 0.2) is 0 Å². The fourth-order valence-corrected chi connectivity index (χ4v) is 4.12. The van der Waals surface area contributed by atoms with Gasteiger partial charge in [0.25, 0.3) is 0 Å². The normalized spacial score (nSPS) is 15.5. The molecule has 0 bridgehead atoms. The molecule has 0 saturated heterocycles. The standard InChI is InChI=1S/C18H15ClN2O2Se/c1-2-23-18(22)17-20-21(15-6-4-3-5-7-15)16(24-17)12-13-8-10-14(19)11-9-13/h3-12H,2H2,1H3/b16-12-. The SMILES string of the molecule is CCOC(=O)C1=NN(c2ccccc2)/C(=C/c2ccc(Cl)cc2)[Se]1. The van der Waals surface area contributed by atoms with E-state index in [2.05, 4.69) is 5.10 Å². The summed E-state index contributed by atoms with van der Waals surface area (Å²) in [5, 5.41) is 6.98. The van der Waals surface area contributed by atoms with Gasteiger partial charge in [0.05, 0.1) is 0 Å². The molecule has 0 aromatic heterocycles. The summed E-state index contributed by atoms with van der Waals surface area (Å²) < 4.78 is 6.54. The number of esters is 1. The molecule has 0 atom stereocenters. The van der Waals surface area contributed by atoms with E-state index in [0.717, 1.165) is 15.8 Å². The number of ether oxygens (including phenoxy) is 1. The summed E-state index contributed by atoms with van der Waals surface area (Å²) >= 11 is 5.72. The molecule has 0 unspecified atom stereocenters. The molecule has 6 heteroatoms. The van der Waals surface area contributed by atoms with Crippen LogP contribution in [-0.4, -0.2) is 32.1 Å². The number of hydrazone groups is 1. The second kappa shape index (κ2) is 7.67. The van der Waals surface area contributed by atoms with Crippen LogP contribution < -0.4 is 5.01 Å². The summed E-state index contributed by atoms with van der Waals surface area (Å²) in [6.07, 6.45) is 2.03. The van der Waals surface area contributed by atoms with Crippen LogP contribution in [0.5, 0.6) is 0 Å². The number of carbonyl (C=O) groups excluding carboxylic acids is 1. The van der Waals surface area contributed by atoms with Gasteiger partial charge in [0, 0.05) is 0 Å². The summed E-state index contributed by atoms with van der Waals surface area (Å²) in [4.78, 5) is 12.1. The number of carbonyl (C=O) groups is 1. The number of hydrogen-bond acceptors (Lipinski definition) is 4. The Hall–Kier alpha value is -2.07. The summed E-state index contributed by atoms with van der Waals surface area (Å²) in [7, 11) is 0. The minimum atomic E-state index is -0.349. The van der Waals surface area contributed by atoms with Gasteiger partial charge in [-0.2, -0.15) is 0 Å². The molecule has 24 heavy (non-hydrogen) atoms. The average molecular weight is 406 g/mol. The number of benzene rings is 2. The van der Waals surface area contributed by atoms with Gasteiger partial charge in [0.2, 0.25) is 0 Å². The topological polar surface area (TPSA) is 41.9 Å². The van der Waals surface area contributed by atoms with Gasteiger partial charge in [-0.15, -0.1) is 0 Å². The van der Waals surface area contributed by atoms with Crippen molar-refractivity contribution in [1.82, 2.24) is 0 Å². The van der Waals surface area contributed by atoms with Crippen molar-refractivity contribution in [1.29, 1.82) is 0 Å². The van der Waals surface area contributed by atoms with Crippen LogP contribution in [0.4, 0.5) is 5.69 Å². The first-order chi connectivity index (χ1) is 11.7. The number of nitrogens with zero attached hydrogens (tertiary/aromatic N) is 2. The van der Waals surface area contributed by atoms with Crippen molar-refractivity contribution in [3.05, 3.63) is 69.8 Å². The third kappa shape index (κ3) is 3.87. The summed E-state index contributed by atoms with van der Waals surface area (Å²) in [6.45, 7) is 2.13. The minimum absolute atomic E-state index is 0.221. The zero-order valence-corrected chi connectivity index (χ0v) is 15.4. The summed E-state index contributed by atoms with van der Waals surface area (Å²) in [5.41, 5.74) is 1.93. The van der Waals surface area contributed by atoms with Gasteiger partial charge in [-0.1, -0.05) is 0 Å². The third-order valence-corrected chi connectivity index (χ3v) is 5.44. The molecule has 1 heterocycles. The second-order valence-corrected chi connectivity index (χ2v) is 7.46. The number of rotatable bonds is 4. The average Bonchev–Trinajstić information content (AvgIpc) is 3.02. The van der Waals surface area contributed by atoms with E-state index in [1.807, 2.05) is 60.7 Å². The third-order valence-electron chi connectivity index (χ3n) is 3.21. The molecule has 1 aliphatic rings. The van der Waals surface area contributed by atoms with Crippen LogP contribution in [0.1, 0.15) is 12.5 Å². The Labute approximate surface area is 151 Å². The monoisotopic (exact) mass is 406 g/mol. The first kappa shape index (κ1) is 16.8. The molecule has 0 spiro atoms. The molecule has 0 aliphatic carbocycles. The van der Waals surface area contributed by atoms with Gasteiger partial charge in [0.1, 0.15) is 0 Å². The number of hydrogen-bond donors (Lipinski definition) is 0. The van der Waals surface area contributed by atoms with Gasteiger partial charge in [-0.3, -0.25) is 0 Å². The molecule has 0 fully saturated rings. The van der Waals surface area contributed by atoms with Gasteiger partial charge < -0.3 is 0 Å². The molecular formula is C18H15ClN2O2Se. The molecule has 3 rings (SSSR count). The van der Waals surface area contributed by atoms with E-state index in [1.165, 1.54) is 0 Å². The van der Waals surface area contributed by atoms with E-state index >= 15 is 0 Å². The van der Waals surface area contributed by atoms with Crippen LogP contribution in [0.3, 0.4) is 0 Å². The van der Waals surface area contributed by atoms with Crippen LogP contribution in [0.2, 0.25) is 5.02 Å². The zero-order valence-electron chi connectivity index (χ0n) is 13.0. The quantitative estimate of drug-likeness (QED) is 0.575. The Bertz CT molecular complexity index is 788. The Morgan fingerprint density at radius 2 is 1.92 bits per heavy atom. The number of halogens is 1. The van der Waals surface area contributed by atoms with E-state index in [0.29, 0.717) is 16.2 Å². The van der Waals surface area contributed by atoms with Crippen LogP contribution in [0.25, 0.3) is 6.08 Å². The zero-order chi connectivity index (χ0) is 16.9. The fourth-order valence-electron chi connectivity index (χ4n) is 2.12. The van der Waals surface area contributed by atoms with Crippen molar-refractivity contribution in [2.75, 3.05) is 11.6 Å². The Morgan fingerprint density at radius 3 is 2.58 bits per heavy atom. The van der Waals surface area contributed by atoms with Gasteiger partial charge >= 0.3 is 152 Å². The van der Waals surface area contributed by atoms with E-state index in [-0.39, 0.29) is 20.9 Å². The van der Waals surface area contributed by atoms with Crippen molar-refractivity contribution in [2.45, 2.75) is 6.92 Å². The molecule has 1 aliphatic heterocycles. The molecule has 2 aromatic rings. The van der Waals surface area contributed by atoms with Crippen LogP contribution in [0.15, 0.2) is 64.3 Å². The predicted octanol–water partition coefficient (Wildman–Crippen LogP) is 3.74. The van der Waals surface area contributed by atoms with Crippen molar-refractivity contribution in [3.8, 4) is 0 Å². The summed E-state index contributed by atoms with van der Waals surface area (Å²) in [5.74, 6) is -0.349. The van der Waals surface area contributed by atoms with Gasteiger partial charge in [-0.05, 0) is 0 Å². The van der Waals surface area contributed by atoms with E-state index in [1.54, 1.807) is 11.9 Å². The predicted molar refractivity (Wildman–Crippen MR) is 98.2 cm³/mol. The maximum atomic E-state index is 12.1. The second-order valence-electron chi connectivity index (χ2n) is 4.91. The van der Waals surface area contributed by atoms with Crippen molar-refractivity contribution >= 4 is 48.9 Å². The van der Waals surface area contributed by atoms with Crippen molar-refractivity contribution < 1.29 is 9.53 Å². The Morgan fingerprint density at radius 1 is 1.21 bits per heavy atom. The van der Waals surface area contributed by atoms with E-state index in [9.17, 15) is 4.79 Å². The molecule has 4 nitrogen and oxygen atoms in total. The summed E-state index contributed by atoms with van der Waals surface area (Å²) in [6, 6.07) is 17.3. The van der Waals surface area contributed by atoms with Crippen LogP contribution in [-0.2, 0) is 9.53 Å². The molecular weight excluding hydrogens is 391 g/mol. The first-order valence-electron chi connectivity index (χ1n) is 7.43. The molecule has 0 amide bonds. The molecule has 2 aromatic carbocycles. The van der Waals surface area contributed by atoms with Crippen LogP contribution >= 0.6 is 11.6 Å². The number of anilines is 1. The first-order valence-corrected chi connectivity index (χ1v) is 9.52. The van der Waals surface area contributed by atoms with E-state index < -0.39 is 0 Å². The Kier molecular flexibility index (Phi) is 5.36. The number of para-hydroxylation sites is 1. The molecule has 0 N–H and O–H groups in total. The Balaban J connectivity index is 1.95. The van der Waals surface area contributed by atoms with Crippen LogP contribution in [0, 0.1) is 0 Å². The van der Waals surface area contributed by atoms with Crippen molar-refractivity contribution in [3.63, 3.8) is 0 Å². The molecule has 122 valence electrons. The maximum absolute atomic E-state index is 12.1. The fraction of sp³-hybridized carbons (Fsp3) is 0.111. The van der Waals surface area contributed by atoms with Crippen molar-refractivity contribution in [2.24, 2.45) is 5.10 Å².